The summed E-state index contributed by atoms with van der Waals surface area (Å²) in [5.74, 6) is -2.14. The molecule has 1 heterocycles. The first-order valence-electron chi connectivity index (χ1n) is 7.84. The van der Waals surface area contributed by atoms with Gasteiger partial charge in [-0.15, -0.1) is 6.42 Å². The molecular weight excluding hydrogens is 431 g/mol. The third kappa shape index (κ3) is 3.95. The van der Waals surface area contributed by atoms with Crippen molar-refractivity contribution in [3.63, 3.8) is 0 Å². The van der Waals surface area contributed by atoms with Gasteiger partial charge in [-0.25, -0.2) is 4.39 Å². The number of aromatic nitrogens is 1. The maximum absolute atomic E-state index is 14.8. The van der Waals surface area contributed by atoms with E-state index >= 15 is 0 Å². The number of amides is 2. The van der Waals surface area contributed by atoms with Gasteiger partial charge in [0, 0.05) is 12.7 Å². The number of aryl methyl sites for hydroxylation is 1. The third-order valence-corrected chi connectivity index (χ3v) is 4.81. The van der Waals surface area contributed by atoms with Crippen LogP contribution >= 0.6 is 15.9 Å². The van der Waals surface area contributed by atoms with E-state index in [0.717, 1.165) is 10.1 Å². The normalized spacial score (nSPS) is 9.93. The summed E-state index contributed by atoms with van der Waals surface area (Å²) >= 11 is 3.03. The molecule has 1 aromatic carbocycles. The van der Waals surface area contributed by atoms with Gasteiger partial charge in [0.15, 0.2) is 5.82 Å². The van der Waals surface area contributed by atoms with E-state index in [2.05, 4.69) is 32.5 Å². The fourth-order valence-electron chi connectivity index (χ4n) is 2.40. The van der Waals surface area contributed by atoms with E-state index in [0.29, 0.717) is 5.56 Å². The standard InChI is InChI=1S/C19H14BrFN4O3/c1-4-7-23-19(28)16(26)13-14(21)15(25(3)17(13)20)18(27)24-12-6-5-10(2)11(8-12)9-22/h1,5-6,8H,7H2,2-3H3,(H,23,28)(H,24,27). The van der Waals surface area contributed by atoms with Crippen molar-refractivity contribution in [1.29, 1.82) is 5.26 Å². The van der Waals surface area contributed by atoms with E-state index < -0.39 is 34.7 Å². The van der Waals surface area contributed by atoms with Crippen LogP contribution in [0.3, 0.4) is 0 Å². The van der Waals surface area contributed by atoms with Crippen LogP contribution in [0.15, 0.2) is 22.8 Å². The lowest BCUT2D eigenvalue weighted by Gasteiger charge is -2.08. The number of ketones is 1. The number of nitrogens with zero attached hydrogens (tertiary/aromatic N) is 2. The Hall–Kier alpha value is -3.43. The third-order valence-electron chi connectivity index (χ3n) is 3.88. The molecule has 0 aliphatic heterocycles. The molecule has 9 heteroatoms. The van der Waals surface area contributed by atoms with E-state index in [1.54, 1.807) is 19.1 Å². The highest BCUT2D eigenvalue weighted by Gasteiger charge is 2.32. The molecule has 2 amide bonds. The molecule has 0 fully saturated rings. The number of rotatable bonds is 5. The summed E-state index contributed by atoms with van der Waals surface area (Å²) in [7, 11) is 1.36. The zero-order chi connectivity index (χ0) is 21.0. The summed E-state index contributed by atoms with van der Waals surface area (Å²) in [5.41, 5.74) is 0.318. The molecule has 2 aromatic rings. The molecule has 142 valence electrons. The first-order chi connectivity index (χ1) is 13.2. The first kappa shape index (κ1) is 20.9. The molecule has 1 aromatic heterocycles. The molecule has 2 rings (SSSR count). The van der Waals surface area contributed by atoms with Gasteiger partial charge in [-0.05, 0) is 40.5 Å². The number of nitrogens with one attached hydrogen (secondary N) is 2. The maximum Gasteiger partial charge on any atom is 0.293 e. The van der Waals surface area contributed by atoms with Crippen LogP contribution in [-0.4, -0.2) is 28.7 Å². The lowest BCUT2D eigenvalue weighted by atomic mass is 10.1. The van der Waals surface area contributed by atoms with Crippen molar-refractivity contribution in [1.82, 2.24) is 9.88 Å². The van der Waals surface area contributed by atoms with Gasteiger partial charge in [0.05, 0.1) is 28.3 Å². The predicted octanol–water partition coefficient (Wildman–Crippen LogP) is 2.29. The lowest BCUT2D eigenvalue weighted by molar-refractivity contribution is -0.116. The number of terminal acetylenes is 1. The van der Waals surface area contributed by atoms with Crippen LogP contribution in [0.4, 0.5) is 10.1 Å². The van der Waals surface area contributed by atoms with Gasteiger partial charge in [0.1, 0.15) is 5.69 Å². The van der Waals surface area contributed by atoms with Crippen molar-refractivity contribution >= 4 is 39.2 Å². The second kappa shape index (κ2) is 8.51. The van der Waals surface area contributed by atoms with Gasteiger partial charge < -0.3 is 15.2 Å². The summed E-state index contributed by atoms with van der Waals surface area (Å²) in [4.78, 5) is 36.6. The van der Waals surface area contributed by atoms with E-state index in [9.17, 15) is 18.8 Å². The molecular formula is C19H14BrFN4O3. The Morgan fingerprint density at radius 2 is 2.04 bits per heavy atom. The van der Waals surface area contributed by atoms with Crippen molar-refractivity contribution in [2.75, 3.05) is 11.9 Å². The average Bonchev–Trinajstić information content (AvgIpc) is 2.89. The fourth-order valence-corrected chi connectivity index (χ4v) is 2.93. The predicted molar refractivity (Wildman–Crippen MR) is 103 cm³/mol. The topological polar surface area (TPSA) is 104 Å². The highest BCUT2D eigenvalue weighted by molar-refractivity contribution is 9.10. The van der Waals surface area contributed by atoms with Crippen LogP contribution in [0.25, 0.3) is 0 Å². The van der Waals surface area contributed by atoms with Gasteiger partial charge in [-0.1, -0.05) is 12.0 Å². The molecule has 0 aliphatic carbocycles. The van der Waals surface area contributed by atoms with Crippen molar-refractivity contribution in [3.8, 4) is 18.4 Å². The molecule has 0 saturated carbocycles. The largest absolute Gasteiger partial charge is 0.338 e. The Labute approximate surface area is 168 Å². The Morgan fingerprint density at radius 3 is 2.64 bits per heavy atom. The van der Waals surface area contributed by atoms with Crippen LogP contribution in [0.5, 0.6) is 0 Å². The molecule has 28 heavy (non-hydrogen) atoms. The van der Waals surface area contributed by atoms with E-state index in [-0.39, 0.29) is 16.8 Å². The van der Waals surface area contributed by atoms with Crippen molar-refractivity contribution in [2.24, 2.45) is 7.05 Å². The second-order valence-corrected chi connectivity index (χ2v) is 6.45. The maximum atomic E-state index is 14.8. The van der Waals surface area contributed by atoms with Crippen LogP contribution in [0.1, 0.15) is 32.0 Å². The van der Waals surface area contributed by atoms with E-state index in [1.807, 2.05) is 6.07 Å². The molecule has 0 spiro atoms. The number of anilines is 1. The smallest absolute Gasteiger partial charge is 0.293 e. The summed E-state index contributed by atoms with van der Waals surface area (Å²) in [6.07, 6.45) is 5.01. The molecule has 0 atom stereocenters. The van der Waals surface area contributed by atoms with Crippen molar-refractivity contribution < 1.29 is 18.8 Å². The molecule has 0 unspecified atom stereocenters. The van der Waals surface area contributed by atoms with Crippen LogP contribution in [0.2, 0.25) is 0 Å². The number of benzene rings is 1. The first-order valence-corrected chi connectivity index (χ1v) is 8.64. The molecule has 0 radical (unpaired) electrons. The van der Waals surface area contributed by atoms with Crippen LogP contribution in [0, 0.1) is 36.4 Å². The number of hydrogen-bond acceptors (Lipinski definition) is 4. The van der Waals surface area contributed by atoms with Gasteiger partial charge in [-0.3, -0.25) is 14.4 Å². The quantitative estimate of drug-likeness (QED) is 0.419. The van der Waals surface area contributed by atoms with Gasteiger partial charge in [-0.2, -0.15) is 5.26 Å². The number of hydrogen-bond donors (Lipinski definition) is 2. The Morgan fingerprint density at radius 1 is 1.36 bits per heavy atom. The summed E-state index contributed by atoms with van der Waals surface area (Å²) in [5, 5.41) is 13.7. The Kier molecular flexibility index (Phi) is 6.34. The second-order valence-electron chi connectivity index (χ2n) is 5.70. The highest BCUT2D eigenvalue weighted by atomic mass is 79.9. The zero-order valence-corrected chi connectivity index (χ0v) is 16.5. The number of nitriles is 1. The highest BCUT2D eigenvalue weighted by Crippen LogP contribution is 2.27. The monoisotopic (exact) mass is 444 g/mol. The SMILES string of the molecule is C#CCNC(=O)C(=O)c1c(F)c(C(=O)Nc2ccc(C)c(C#N)c2)n(C)c1Br. The summed E-state index contributed by atoms with van der Waals surface area (Å²) < 4.78 is 15.9. The van der Waals surface area contributed by atoms with E-state index in [4.69, 9.17) is 11.7 Å². The fraction of sp³-hybridized carbons (Fsp3) is 0.158. The number of carbonyl (C=O) groups excluding carboxylic acids is 3. The van der Waals surface area contributed by atoms with Crippen molar-refractivity contribution in [3.05, 3.63) is 51.0 Å². The number of carbonyl (C=O) groups is 3. The molecule has 0 saturated heterocycles. The average molecular weight is 445 g/mol. The summed E-state index contributed by atoms with van der Waals surface area (Å²) in [6.45, 7) is 1.54. The number of halogens is 2. The Bertz CT molecular complexity index is 1080. The minimum Gasteiger partial charge on any atom is -0.338 e. The van der Waals surface area contributed by atoms with E-state index in [1.165, 1.54) is 13.1 Å². The van der Waals surface area contributed by atoms with Crippen LogP contribution in [-0.2, 0) is 11.8 Å². The summed E-state index contributed by atoms with van der Waals surface area (Å²) in [6, 6.07) is 6.63. The van der Waals surface area contributed by atoms with Gasteiger partial charge in [0.25, 0.3) is 17.6 Å². The Balaban J connectivity index is 2.38. The lowest BCUT2D eigenvalue weighted by Crippen LogP contribution is -2.31. The minimum atomic E-state index is -1.17. The molecule has 0 bridgehead atoms. The molecule has 7 nitrogen and oxygen atoms in total. The number of Topliss-reactive ketones (excluding diaryl/α,β-unsaturated/α-hetero) is 1. The minimum absolute atomic E-state index is 0.0716. The molecule has 2 N–H and O–H groups in total. The zero-order valence-electron chi connectivity index (χ0n) is 14.9. The molecule has 0 aliphatic rings. The van der Waals surface area contributed by atoms with Crippen LogP contribution < -0.4 is 10.6 Å². The van der Waals surface area contributed by atoms with Crippen molar-refractivity contribution in [2.45, 2.75) is 6.92 Å². The van der Waals surface area contributed by atoms with Gasteiger partial charge >= 0.3 is 0 Å². The van der Waals surface area contributed by atoms with Gasteiger partial charge in [0.2, 0.25) is 0 Å².